The molecule has 1 rings (SSSR count). The number of carbonyl (C=O) groups is 2. The van der Waals surface area contributed by atoms with Crippen LogP contribution in [0.25, 0.3) is 0 Å². The van der Waals surface area contributed by atoms with Gasteiger partial charge in [0, 0.05) is 0 Å². The van der Waals surface area contributed by atoms with Crippen molar-refractivity contribution in [3.8, 4) is 5.75 Å². The maximum absolute atomic E-state index is 12.7. The van der Waals surface area contributed by atoms with Crippen LogP contribution in [-0.2, 0) is 11.0 Å². The molecule has 122 valence electrons. The van der Waals surface area contributed by atoms with Gasteiger partial charge in [-0.25, -0.2) is 4.79 Å². The van der Waals surface area contributed by atoms with E-state index in [1.54, 1.807) is 0 Å². The number of ether oxygens (including phenoxy) is 1. The first-order valence-corrected chi connectivity index (χ1v) is 6.71. The van der Waals surface area contributed by atoms with E-state index in [0.717, 1.165) is 12.1 Å². The normalized spacial score (nSPS) is 13.1. The Morgan fingerprint density at radius 1 is 1.27 bits per heavy atom. The minimum atomic E-state index is -4.60. The van der Waals surface area contributed by atoms with Crippen molar-refractivity contribution in [2.24, 2.45) is 11.7 Å². The summed E-state index contributed by atoms with van der Waals surface area (Å²) in [4.78, 5) is 23.3. The van der Waals surface area contributed by atoms with Gasteiger partial charge >= 0.3 is 12.1 Å². The van der Waals surface area contributed by atoms with Gasteiger partial charge < -0.3 is 10.5 Å². The molecule has 1 unspecified atom stereocenters. The fraction of sp³-hybridized carbons (Fsp3) is 0.467. The van der Waals surface area contributed by atoms with Crippen molar-refractivity contribution in [2.75, 3.05) is 0 Å². The van der Waals surface area contributed by atoms with Crippen molar-refractivity contribution in [3.63, 3.8) is 0 Å². The largest absolute Gasteiger partial charge is 0.425 e. The highest BCUT2D eigenvalue weighted by molar-refractivity contribution is 5.97. The lowest BCUT2D eigenvalue weighted by Gasteiger charge is -2.16. The van der Waals surface area contributed by atoms with E-state index in [-0.39, 0.29) is 11.5 Å². The van der Waals surface area contributed by atoms with Crippen molar-refractivity contribution >= 4 is 11.8 Å². The van der Waals surface area contributed by atoms with Crippen LogP contribution in [0.1, 0.15) is 43.1 Å². The fourth-order valence-corrected chi connectivity index (χ4v) is 1.86. The Hall–Kier alpha value is -1.89. The molecule has 1 aromatic carbocycles. The topological polar surface area (TPSA) is 69.4 Å². The smallest absolute Gasteiger partial charge is 0.416 e. The predicted octanol–water partition coefficient (Wildman–Crippen LogP) is 3.19. The number of benzene rings is 1. The van der Waals surface area contributed by atoms with Gasteiger partial charge in [-0.1, -0.05) is 13.8 Å². The van der Waals surface area contributed by atoms with Crippen LogP contribution in [0.4, 0.5) is 13.2 Å². The Labute approximate surface area is 126 Å². The molecule has 0 amide bonds. The lowest BCUT2D eigenvalue weighted by molar-refractivity contribution is -0.139. The van der Waals surface area contributed by atoms with Crippen molar-refractivity contribution in [1.29, 1.82) is 0 Å². The molecular weight excluding hydrogens is 299 g/mol. The number of nitrogens with two attached hydrogens (primary N) is 1. The number of esters is 1. The fourth-order valence-electron chi connectivity index (χ4n) is 1.86. The molecule has 0 aliphatic heterocycles. The Kier molecular flexibility index (Phi) is 5.71. The third kappa shape index (κ3) is 4.84. The number of hydrogen-bond donors (Lipinski definition) is 1. The standard InChI is InChI=1S/C15H18F3NO3/c1-8(2)6-12(19)14(21)22-13-7-10(15(16,17)18)4-5-11(13)9(3)20/h4-5,7-8,12H,6,19H2,1-3H3. The Bertz CT molecular complexity index is 568. The van der Waals surface area contributed by atoms with Crippen LogP contribution in [0.3, 0.4) is 0 Å². The average molecular weight is 317 g/mol. The van der Waals surface area contributed by atoms with Crippen LogP contribution in [-0.4, -0.2) is 17.8 Å². The van der Waals surface area contributed by atoms with E-state index in [2.05, 4.69) is 0 Å². The summed E-state index contributed by atoms with van der Waals surface area (Å²) in [6, 6.07) is 1.43. The summed E-state index contributed by atoms with van der Waals surface area (Å²) in [5.41, 5.74) is 4.53. The molecule has 0 radical (unpaired) electrons. The molecule has 22 heavy (non-hydrogen) atoms. The van der Waals surface area contributed by atoms with Crippen LogP contribution in [0.5, 0.6) is 5.75 Å². The molecular formula is C15H18F3NO3. The number of ketones is 1. The van der Waals surface area contributed by atoms with Gasteiger partial charge in [0.15, 0.2) is 5.78 Å². The summed E-state index contributed by atoms with van der Waals surface area (Å²) in [5.74, 6) is -1.67. The van der Waals surface area contributed by atoms with E-state index < -0.39 is 35.3 Å². The van der Waals surface area contributed by atoms with Crippen LogP contribution in [0, 0.1) is 5.92 Å². The molecule has 0 saturated carbocycles. The zero-order valence-corrected chi connectivity index (χ0v) is 12.5. The SMILES string of the molecule is CC(=O)c1ccc(C(F)(F)F)cc1OC(=O)C(N)CC(C)C. The first-order valence-electron chi connectivity index (χ1n) is 6.71. The van der Waals surface area contributed by atoms with Gasteiger partial charge in [0.1, 0.15) is 11.8 Å². The summed E-state index contributed by atoms with van der Waals surface area (Å²) in [7, 11) is 0. The molecule has 0 aliphatic rings. The lowest BCUT2D eigenvalue weighted by Crippen LogP contribution is -2.35. The van der Waals surface area contributed by atoms with E-state index in [9.17, 15) is 22.8 Å². The van der Waals surface area contributed by atoms with Gasteiger partial charge in [0.25, 0.3) is 0 Å². The predicted molar refractivity (Wildman–Crippen MR) is 74.5 cm³/mol. The zero-order valence-electron chi connectivity index (χ0n) is 12.5. The van der Waals surface area contributed by atoms with Gasteiger partial charge in [-0.15, -0.1) is 0 Å². The molecule has 0 bridgehead atoms. The van der Waals surface area contributed by atoms with Crippen molar-refractivity contribution < 1.29 is 27.5 Å². The minimum Gasteiger partial charge on any atom is -0.425 e. The van der Waals surface area contributed by atoms with Gasteiger partial charge in [-0.3, -0.25) is 4.79 Å². The second kappa shape index (κ2) is 6.91. The van der Waals surface area contributed by atoms with Gasteiger partial charge in [-0.2, -0.15) is 13.2 Å². The number of carbonyl (C=O) groups excluding carboxylic acids is 2. The van der Waals surface area contributed by atoms with Gasteiger partial charge in [0.2, 0.25) is 0 Å². The maximum atomic E-state index is 12.7. The summed E-state index contributed by atoms with van der Waals surface area (Å²) < 4.78 is 43.1. The third-order valence-electron chi connectivity index (χ3n) is 2.93. The summed E-state index contributed by atoms with van der Waals surface area (Å²) in [6.45, 7) is 4.87. The Morgan fingerprint density at radius 2 is 1.86 bits per heavy atom. The van der Waals surface area contributed by atoms with Crippen molar-refractivity contribution in [2.45, 2.75) is 39.4 Å². The Morgan fingerprint density at radius 3 is 2.32 bits per heavy atom. The van der Waals surface area contributed by atoms with E-state index in [0.29, 0.717) is 12.5 Å². The average Bonchev–Trinajstić information content (AvgIpc) is 2.36. The molecule has 1 aromatic rings. The number of hydrogen-bond acceptors (Lipinski definition) is 4. The maximum Gasteiger partial charge on any atom is 0.416 e. The molecule has 0 aromatic heterocycles. The van der Waals surface area contributed by atoms with E-state index >= 15 is 0 Å². The Balaban J connectivity index is 3.10. The zero-order chi connectivity index (χ0) is 17.1. The van der Waals surface area contributed by atoms with Crippen LogP contribution < -0.4 is 10.5 Å². The monoisotopic (exact) mass is 317 g/mol. The number of Topliss-reactive ketones (excluding diaryl/α,β-unsaturated/α-hetero) is 1. The summed E-state index contributed by atoms with van der Waals surface area (Å²) in [6.07, 6.45) is -4.27. The number of halogens is 3. The first-order chi connectivity index (χ1) is 10.0. The molecule has 7 heteroatoms. The molecule has 0 heterocycles. The van der Waals surface area contributed by atoms with Gasteiger partial charge in [0.05, 0.1) is 11.1 Å². The van der Waals surface area contributed by atoms with Gasteiger partial charge in [-0.05, 0) is 37.5 Å². The van der Waals surface area contributed by atoms with Crippen LogP contribution in [0.15, 0.2) is 18.2 Å². The minimum absolute atomic E-state index is 0.0990. The van der Waals surface area contributed by atoms with E-state index in [4.69, 9.17) is 10.5 Å². The third-order valence-corrected chi connectivity index (χ3v) is 2.93. The highest BCUT2D eigenvalue weighted by Crippen LogP contribution is 2.33. The molecule has 1 atom stereocenters. The highest BCUT2D eigenvalue weighted by Gasteiger charge is 2.32. The quantitative estimate of drug-likeness (QED) is 0.514. The molecule has 2 N–H and O–H groups in total. The van der Waals surface area contributed by atoms with Crippen molar-refractivity contribution in [1.82, 2.24) is 0 Å². The lowest BCUT2D eigenvalue weighted by atomic mass is 10.0. The summed E-state index contributed by atoms with van der Waals surface area (Å²) >= 11 is 0. The first kappa shape index (κ1) is 18.2. The second-order valence-electron chi connectivity index (χ2n) is 5.42. The number of alkyl halides is 3. The molecule has 0 aliphatic carbocycles. The molecule has 4 nitrogen and oxygen atoms in total. The second-order valence-corrected chi connectivity index (χ2v) is 5.42. The molecule has 0 spiro atoms. The van der Waals surface area contributed by atoms with E-state index in [1.165, 1.54) is 6.92 Å². The molecule has 0 saturated heterocycles. The number of rotatable bonds is 5. The highest BCUT2D eigenvalue weighted by atomic mass is 19.4. The van der Waals surface area contributed by atoms with Crippen LogP contribution >= 0.6 is 0 Å². The van der Waals surface area contributed by atoms with E-state index in [1.807, 2.05) is 13.8 Å². The van der Waals surface area contributed by atoms with Crippen molar-refractivity contribution in [3.05, 3.63) is 29.3 Å². The van der Waals surface area contributed by atoms with Crippen LogP contribution in [0.2, 0.25) is 0 Å². The summed E-state index contributed by atoms with van der Waals surface area (Å²) in [5, 5.41) is 0. The molecule has 0 fully saturated rings.